The smallest absolute Gasteiger partial charge is 0.326 e. The summed E-state index contributed by atoms with van der Waals surface area (Å²) in [4.78, 5) is 34.6. The second kappa shape index (κ2) is 7.22. The van der Waals surface area contributed by atoms with Crippen molar-refractivity contribution >= 4 is 17.9 Å². The second-order valence-corrected chi connectivity index (χ2v) is 4.46. The Labute approximate surface area is 120 Å². The maximum atomic E-state index is 13.5. The summed E-state index contributed by atoms with van der Waals surface area (Å²) in [7, 11) is 1.38. The molecule has 4 N–H and O–H groups in total. The van der Waals surface area contributed by atoms with E-state index in [9.17, 15) is 18.8 Å². The van der Waals surface area contributed by atoms with E-state index in [0.717, 1.165) is 4.90 Å². The van der Waals surface area contributed by atoms with Gasteiger partial charge in [0.25, 0.3) is 0 Å². The molecule has 0 saturated carbocycles. The number of hydrogen-bond acceptors (Lipinski definition) is 3. The molecule has 0 bridgehead atoms. The molecule has 0 saturated heterocycles. The van der Waals surface area contributed by atoms with E-state index in [-0.39, 0.29) is 12.1 Å². The SMILES string of the molecule is CN(Cc1ccccc1F)C(=O)N[C@@H](CC(N)=O)C(=O)O. The molecule has 21 heavy (non-hydrogen) atoms. The van der Waals surface area contributed by atoms with Crippen molar-refractivity contribution in [3.05, 3.63) is 35.6 Å². The Morgan fingerprint density at radius 2 is 2.00 bits per heavy atom. The lowest BCUT2D eigenvalue weighted by Crippen LogP contribution is -2.48. The highest BCUT2D eigenvalue weighted by molar-refractivity contribution is 5.87. The lowest BCUT2D eigenvalue weighted by Gasteiger charge is -2.21. The fourth-order valence-electron chi connectivity index (χ4n) is 1.61. The van der Waals surface area contributed by atoms with Crippen molar-refractivity contribution in [2.24, 2.45) is 5.73 Å². The van der Waals surface area contributed by atoms with Gasteiger partial charge in [-0.05, 0) is 6.07 Å². The third kappa shape index (κ3) is 5.09. The van der Waals surface area contributed by atoms with Crippen LogP contribution in [0, 0.1) is 5.82 Å². The number of benzene rings is 1. The van der Waals surface area contributed by atoms with Crippen LogP contribution >= 0.6 is 0 Å². The standard InChI is InChI=1S/C13H16FN3O4/c1-17(7-8-4-2-3-5-9(8)14)13(21)16-10(12(19)20)6-11(15)18/h2-5,10H,6-7H2,1H3,(H2,15,18)(H,16,21)(H,19,20)/t10-/m0/s1. The number of nitrogens with two attached hydrogens (primary N) is 1. The van der Waals surface area contributed by atoms with E-state index < -0.39 is 36.2 Å². The molecule has 0 aliphatic rings. The van der Waals surface area contributed by atoms with Crippen LogP contribution < -0.4 is 11.1 Å². The number of carboxylic acids is 1. The van der Waals surface area contributed by atoms with Crippen LogP contribution in [0.25, 0.3) is 0 Å². The van der Waals surface area contributed by atoms with Gasteiger partial charge in [0, 0.05) is 19.2 Å². The maximum Gasteiger partial charge on any atom is 0.326 e. The van der Waals surface area contributed by atoms with E-state index in [0.29, 0.717) is 0 Å². The topological polar surface area (TPSA) is 113 Å². The van der Waals surface area contributed by atoms with Crippen molar-refractivity contribution in [3.8, 4) is 0 Å². The van der Waals surface area contributed by atoms with Gasteiger partial charge in [0.1, 0.15) is 11.9 Å². The molecular weight excluding hydrogens is 281 g/mol. The highest BCUT2D eigenvalue weighted by Gasteiger charge is 2.23. The number of rotatable bonds is 6. The van der Waals surface area contributed by atoms with E-state index in [1.165, 1.54) is 25.2 Å². The number of primary amides is 1. The summed E-state index contributed by atoms with van der Waals surface area (Å²) in [6, 6.07) is 3.75. The summed E-state index contributed by atoms with van der Waals surface area (Å²) in [6.45, 7) is -0.0403. The number of urea groups is 1. The van der Waals surface area contributed by atoms with Crippen molar-refractivity contribution in [1.82, 2.24) is 10.2 Å². The molecule has 1 rings (SSSR count). The summed E-state index contributed by atoms with van der Waals surface area (Å²) in [5, 5.41) is 11.0. The summed E-state index contributed by atoms with van der Waals surface area (Å²) in [6.07, 6.45) is -0.519. The molecule has 1 aromatic rings. The Kier molecular flexibility index (Phi) is 5.65. The second-order valence-electron chi connectivity index (χ2n) is 4.46. The predicted molar refractivity (Wildman–Crippen MR) is 71.6 cm³/mol. The van der Waals surface area contributed by atoms with Crippen LogP contribution in [0.4, 0.5) is 9.18 Å². The van der Waals surface area contributed by atoms with Gasteiger partial charge < -0.3 is 21.1 Å². The number of nitrogens with one attached hydrogen (secondary N) is 1. The normalized spacial score (nSPS) is 11.5. The van der Waals surface area contributed by atoms with Gasteiger partial charge in [-0.3, -0.25) is 4.79 Å². The molecule has 0 heterocycles. The van der Waals surface area contributed by atoms with E-state index in [1.807, 2.05) is 0 Å². The molecular formula is C13H16FN3O4. The zero-order valence-electron chi connectivity index (χ0n) is 11.4. The van der Waals surface area contributed by atoms with Crippen molar-refractivity contribution in [1.29, 1.82) is 0 Å². The van der Waals surface area contributed by atoms with Crippen molar-refractivity contribution < 1.29 is 23.9 Å². The Balaban J connectivity index is 2.67. The lowest BCUT2D eigenvalue weighted by atomic mass is 10.2. The average Bonchev–Trinajstić information content (AvgIpc) is 2.39. The van der Waals surface area contributed by atoms with Crippen molar-refractivity contribution in [3.63, 3.8) is 0 Å². The fourth-order valence-corrected chi connectivity index (χ4v) is 1.61. The number of hydrogen-bond donors (Lipinski definition) is 3. The van der Waals surface area contributed by atoms with Crippen LogP contribution in [-0.4, -0.2) is 41.0 Å². The van der Waals surface area contributed by atoms with E-state index in [4.69, 9.17) is 10.8 Å². The van der Waals surface area contributed by atoms with Crippen LogP contribution in [0.5, 0.6) is 0 Å². The van der Waals surface area contributed by atoms with Gasteiger partial charge in [0.2, 0.25) is 5.91 Å². The zero-order valence-corrected chi connectivity index (χ0v) is 11.4. The van der Waals surface area contributed by atoms with Gasteiger partial charge in [0.15, 0.2) is 0 Å². The molecule has 1 aromatic carbocycles. The Bertz CT molecular complexity index is 550. The Morgan fingerprint density at radius 3 is 2.52 bits per heavy atom. The molecule has 0 aliphatic carbocycles. The van der Waals surface area contributed by atoms with Crippen LogP contribution in [0.3, 0.4) is 0 Å². The van der Waals surface area contributed by atoms with Crippen LogP contribution in [0.15, 0.2) is 24.3 Å². The van der Waals surface area contributed by atoms with Gasteiger partial charge in [0.05, 0.1) is 6.42 Å². The minimum absolute atomic E-state index is 0.0403. The Hall–Kier alpha value is -2.64. The summed E-state index contributed by atoms with van der Waals surface area (Å²) in [5.41, 5.74) is 5.20. The van der Waals surface area contributed by atoms with Crippen LogP contribution in [-0.2, 0) is 16.1 Å². The minimum Gasteiger partial charge on any atom is -0.480 e. The first kappa shape index (κ1) is 16.4. The molecule has 0 fully saturated rings. The lowest BCUT2D eigenvalue weighted by molar-refractivity contribution is -0.140. The summed E-state index contributed by atoms with van der Waals surface area (Å²) < 4.78 is 13.5. The van der Waals surface area contributed by atoms with Crippen molar-refractivity contribution in [2.45, 2.75) is 19.0 Å². The number of aliphatic carboxylic acids is 1. The molecule has 114 valence electrons. The fraction of sp³-hybridized carbons (Fsp3) is 0.308. The van der Waals surface area contributed by atoms with Gasteiger partial charge in [-0.2, -0.15) is 0 Å². The van der Waals surface area contributed by atoms with Gasteiger partial charge in [-0.15, -0.1) is 0 Å². The van der Waals surface area contributed by atoms with Crippen LogP contribution in [0.1, 0.15) is 12.0 Å². The van der Waals surface area contributed by atoms with Crippen molar-refractivity contribution in [2.75, 3.05) is 7.05 Å². The van der Waals surface area contributed by atoms with E-state index in [2.05, 4.69) is 5.32 Å². The van der Waals surface area contributed by atoms with Gasteiger partial charge >= 0.3 is 12.0 Å². The molecule has 0 aromatic heterocycles. The third-order valence-electron chi connectivity index (χ3n) is 2.71. The maximum absolute atomic E-state index is 13.5. The molecule has 0 unspecified atom stereocenters. The molecule has 1 atom stereocenters. The zero-order chi connectivity index (χ0) is 16.0. The highest BCUT2D eigenvalue weighted by Crippen LogP contribution is 2.09. The number of amides is 3. The molecule has 7 nitrogen and oxygen atoms in total. The first-order valence-electron chi connectivity index (χ1n) is 6.07. The molecule has 0 aliphatic heterocycles. The molecule has 0 radical (unpaired) electrons. The number of nitrogens with zero attached hydrogens (tertiary/aromatic N) is 1. The number of carbonyl (C=O) groups is 3. The first-order valence-corrected chi connectivity index (χ1v) is 6.07. The predicted octanol–water partition coefficient (Wildman–Crippen LogP) is 0.296. The quantitative estimate of drug-likeness (QED) is 0.700. The van der Waals surface area contributed by atoms with Gasteiger partial charge in [-0.25, -0.2) is 14.0 Å². The molecule has 3 amide bonds. The molecule has 8 heteroatoms. The number of carboxylic acid groups (broad SMARTS) is 1. The largest absolute Gasteiger partial charge is 0.480 e. The minimum atomic E-state index is -1.42. The number of carbonyl (C=O) groups excluding carboxylic acids is 2. The number of halogens is 1. The third-order valence-corrected chi connectivity index (χ3v) is 2.71. The summed E-state index contributed by atoms with van der Waals surface area (Å²) in [5.74, 6) is -2.69. The first-order chi connectivity index (χ1) is 9.81. The van der Waals surface area contributed by atoms with Crippen LogP contribution in [0.2, 0.25) is 0 Å². The van der Waals surface area contributed by atoms with Gasteiger partial charge in [-0.1, -0.05) is 18.2 Å². The highest BCUT2D eigenvalue weighted by atomic mass is 19.1. The average molecular weight is 297 g/mol. The van der Waals surface area contributed by atoms with E-state index >= 15 is 0 Å². The monoisotopic (exact) mass is 297 g/mol. The summed E-state index contributed by atoms with van der Waals surface area (Å²) >= 11 is 0. The molecule has 0 spiro atoms. The Morgan fingerprint density at radius 1 is 1.38 bits per heavy atom. The van der Waals surface area contributed by atoms with E-state index in [1.54, 1.807) is 6.07 Å².